The van der Waals surface area contributed by atoms with E-state index < -0.39 is 10.0 Å². The molecule has 0 saturated carbocycles. The number of amides is 1. The summed E-state index contributed by atoms with van der Waals surface area (Å²) in [5.74, 6) is -0.306. The molecule has 8 nitrogen and oxygen atoms in total. The highest BCUT2D eigenvalue weighted by atomic mass is 35.5. The van der Waals surface area contributed by atoms with Gasteiger partial charge in [0.2, 0.25) is 10.0 Å². The largest absolute Gasteiger partial charge is 0.383 e. The van der Waals surface area contributed by atoms with E-state index in [9.17, 15) is 13.2 Å². The van der Waals surface area contributed by atoms with Crippen molar-refractivity contribution in [3.63, 3.8) is 0 Å². The standard InChI is InChI=1S/C17H25ClN2O6S/c1-24-9-5-19(6-10-25-2)17(21)14-3-4-15(18)16(13-14)27(22,23)20-7-11-26-12-8-20/h3-4,13H,5-12H2,1-2H3. The summed E-state index contributed by atoms with van der Waals surface area (Å²) < 4.78 is 42.4. The molecule has 1 fully saturated rings. The molecule has 0 aliphatic carbocycles. The number of methoxy groups -OCH3 is 2. The van der Waals surface area contributed by atoms with Crippen LogP contribution in [0.3, 0.4) is 0 Å². The van der Waals surface area contributed by atoms with Gasteiger partial charge in [0.15, 0.2) is 0 Å². The summed E-state index contributed by atoms with van der Waals surface area (Å²) in [6, 6.07) is 4.30. The lowest BCUT2D eigenvalue weighted by Crippen LogP contribution is -2.41. The van der Waals surface area contributed by atoms with Gasteiger partial charge in [-0.1, -0.05) is 11.6 Å². The summed E-state index contributed by atoms with van der Waals surface area (Å²) in [5, 5.41) is 0.0818. The van der Waals surface area contributed by atoms with Crippen LogP contribution < -0.4 is 0 Å². The van der Waals surface area contributed by atoms with Crippen LogP contribution in [0.5, 0.6) is 0 Å². The Bertz CT molecular complexity index is 729. The van der Waals surface area contributed by atoms with Gasteiger partial charge < -0.3 is 19.1 Å². The Morgan fingerprint density at radius 1 is 1.19 bits per heavy atom. The van der Waals surface area contributed by atoms with Crippen LogP contribution >= 0.6 is 11.6 Å². The maximum absolute atomic E-state index is 12.9. The van der Waals surface area contributed by atoms with Crippen LogP contribution in [0.2, 0.25) is 5.02 Å². The van der Waals surface area contributed by atoms with Gasteiger partial charge in [-0.3, -0.25) is 4.79 Å². The van der Waals surface area contributed by atoms with Crippen LogP contribution in [-0.2, 0) is 24.2 Å². The number of carbonyl (C=O) groups is 1. The van der Waals surface area contributed by atoms with Gasteiger partial charge in [0.25, 0.3) is 5.91 Å². The molecule has 1 aromatic rings. The molecule has 0 aromatic heterocycles. The minimum atomic E-state index is -3.81. The van der Waals surface area contributed by atoms with E-state index in [0.29, 0.717) is 39.5 Å². The lowest BCUT2D eigenvalue weighted by atomic mass is 10.2. The monoisotopic (exact) mass is 420 g/mol. The van der Waals surface area contributed by atoms with Crippen LogP contribution in [0, 0.1) is 0 Å². The molecule has 1 aliphatic rings. The highest BCUT2D eigenvalue weighted by Crippen LogP contribution is 2.27. The van der Waals surface area contributed by atoms with Crippen molar-refractivity contribution in [3.8, 4) is 0 Å². The number of nitrogens with zero attached hydrogens (tertiary/aromatic N) is 2. The molecule has 10 heteroatoms. The summed E-state index contributed by atoms with van der Waals surface area (Å²) in [7, 11) is -0.707. The first-order valence-corrected chi connectivity index (χ1v) is 10.4. The van der Waals surface area contributed by atoms with Gasteiger partial charge in [-0.15, -0.1) is 0 Å². The van der Waals surface area contributed by atoms with Crippen molar-refractivity contribution in [2.24, 2.45) is 0 Å². The first kappa shape index (κ1) is 22.1. The average molecular weight is 421 g/mol. The lowest BCUT2D eigenvalue weighted by molar-refractivity contribution is 0.0627. The minimum Gasteiger partial charge on any atom is -0.383 e. The molecule has 1 amide bonds. The molecule has 1 aliphatic heterocycles. The number of hydrogen-bond acceptors (Lipinski definition) is 6. The number of halogens is 1. The van der Waals surface area contributed by atoms with Crippen LogP contribution in [0.15, 0.2) is 23.1 Å². The van der Waals surface area contributed by atoms with Gasteiger partial charge in [0.05, 0.1) is 31.5 Å². The molecule has 1 heterocycles. The van der Waals surface area contributed by atoms with Crippen molar-refractivity contribution in [1.82, 2.24) is 9.21 Å². The van der Waals surface area contributed by atoms with E-state index in [0.717, 1.165) is 0 Å². The Morgan fingerprint density at radius 3 is 2.33 bits per heavy atom. The molecule has 27 heavy (non-hydrogen) atoms. The first-order chi connectivity index (χ1) is 12.9. The first-order valence-electron chi connectivity index (χ1n) is 8.56. The number of morpholine rings is 1. The fourth-order valence-electron chi connectivity index (χ4n) is 2.66. The maximum atomic E-state index is 12.9. The number of rotatable bonds is 9. The van der Waals surface area contributed by atoms with E-state index in [2.05, 4.69) is 0 Å². The maximum Gasteiger partial charge on any atom is 0.254 e. The van der Waals surface area contributed by atoms with Crippen LogP contribution in [-0.4, -0.2) is 90.4 Å². The van der Waals surface area contributed by atoms with Crippen molar-refractivity contribution in [2.45, 2.75) is 4.90 Å². The fourth-order valence-corrected chi connectivity index (χ4v) is 4.57. The molecule has 1 aromatic carbocycles. The zero-order valence-electron chi connectivity index (χ0n) is 15.5. The van der Waals surface area contributed by atoms with Gasteiger partial charge in [0, 0.05) is 46.0 Å². The number of sulfonamides is 1. The van der Waals surface area contributed by atoms with Crippen LogP contribution in [0.4, 0.5) is 0 Å². The Hall–Kier alpha value is -1.23. The van der Waals surface area contributed by atoms with Crippen molar-refractivity contribution >= 4 is 27.5 Å². The predicted octanol–water partition coefficient (Wildman–Crippen LogP) is 1.10. The Morgan fingerprint density at radius 2 is 1.78 bits per heavy atom. The predicted molar refractivity (Wildman–Crippen MR) is 101 cm³/mol. The van der Waals surface area contributed by atoms with Gasteiger partial charge in [-0.25, -0.2) is 8.42 Å². The molecule has 0 radical (unpaired) electrons. The zero-order chi connectivity index (χ0) is 19.9. The highest BCUT2D eigenvalue weighted by molar-refractivity contribution is 7.89. The molecule has 2 rings (SSSR count). The molecular weight excluding hydrogens is 396 g/mol. The second kappa shape index (κ2) is 10.4. The normalized spacial score (nSPS) is 15.7. The highest BCUT2D eigenvalue weighted by Gasteiger charge is 2.29. The Labute approximate surface area is 165 Å². The molecular formula is C17H25ClN2O6S. The average Bonchev–Trinajstić information content (AvgIpc) is 2.68. The minimum absolute atomic E-state index is 0.0738. The van der Waals surface area contributed by atoms with Gasteiger partial charge in [0.1, 0.15) is 4.90 Å². The van der Waals surface area contributed by atoms with Crippen molar-refractivity contribution in [2.75, 3.05) is 66.8 Å². The Kier molecular flexibility index (Phi) is 8.46. The molecule has 0 spiro atoms. The second-order valence-electron chi connectivity index (χ2n) is 5.94. The fraction of sp³-hybridized carbons (Fsp3) is 0.588. The van der Waals surface area contributed by atoms with E-state index in [1.54, 1.807) is 19.1 Å². The summed E-state index contributed by atoms with van der Waals surface area (Å²) >= 11 is 6.15. The lowest BCUT2D eigenvalue weighted by Gasteiger charge is -2.27. The van der Waals surface area contributed by atoms with E-state index >= 15 is 0 Å². The zero-order valence-corrected chi connectivity index (χ0v) is 17.1. The second-order valence-corrected chi connectivity index (χ2v) is 8.25. The number of benzene rings is 1. The summed E-state index contributed by atoms with van der Waals surface area (Å²) in [4.78, 5) is 14.3. The Balaban J connectivity index is 2.30. The smallest absolute Gasteiger partial charge is 0.254 e. The van der Waals surface area contributed by atoms with Crippen molar-refractivity contribution < 1.29 is 27.4 Å². The van der Waals surface area contributed by atoms with Gasteiger partial charge in [-0.2, -0.15) is 4.31 Å². The molecule has 0 atom stereocenters. The summed E-state index contributed by atoms with van der Waals surface area (Å²) in [6.45, 7) is 2.63. The van der Waals surface area contributed by atoms with E-state index in [1.807, 2.05) is 0 Å². The van der Waals surface area contributed by atoms with Crippen LogP contribution in [0.25, 0.3) is 0 Å². The quantitative estimate of drug-likeness (QED) is 0.594. The molecule has 1 saturated heterocycles. The third-order valence-corrected chi connectivity index (χ3v) is 6.56. The summed E-state index contributed by atoms with van der Waals surface area (Å²) in [6.07, 6.45) is 0. The number of carbonyl (C=O) groups excluding carboxylic acids is 1. The molecule has 0 N–H and O–H groups in total. The summed E-state index contributed by atoms with van der Waals surface area (Å²) in [5.41, 5.74) is 0.249. The van der Waals surface area contributed by atoms with Crippen molar-refractivity contribution in [3.05, 3.63) is 28.8 Å². The van der Waals surface area contributed by atoms with Gasteiger partial charge >= 0.3 is 0 Å². The molecule has 152 valence electrons. The number of hydrogen-bond donors (Lipinski definition) is 0. The number of ether oxygens (including phenoxy) is 3. The van der Waals surface area contributed by atoms with Crippen LogP contribution in [0.1, 0.15) is 10.4 Å². The third kappa shape index (κ3) is 5.63. The van der Waals surface area contributed by atoms with Gasteiger partial charge in [-0.05, 0) is 18.2 Å². The van der Waals surface area contributed by atoms with E-state index in [-0.39, 0.29) is 34.5 Å². The van der Waals surface area contributed by atoms with Crippen molar-refractivity contribution in [1.29, 1.82) is 0 Å². The molecule has 0 bridgehead atoms. The third-order valence-electron chi connectivity index (χ3n) is 4.18. The van der Waals surface area contributed by atoms with E-state index in [4.69, 9.17) is 25.8 Å². The molecule has 0 unspecified atom stereocenters. The topological polar surface area (TPSA) is 85.4 Å². The SMILES string of the molecule is COCCN(CCOC)C(=O)c1ccc(Cl)c(S(=O)(=O)N2CCOCC2)c1. The van der Waals surface area contributed by atoms with E-state index in [1.165, 1.54) is 22.5 Å².